The Bertz CT molecular complexity index is 959. The summed E-state index contributed by atoms with van der Waals surface area (Å²) in [4.78, 5) is 15.8. The summed E-state index contributed by atoms with van der Waals surface area (Å²) in [6, 6.07) is 13.3. The molecule has 0 aliphatic carbocycles. The van der Waals surface area contributed by atoms with Crippen molar-refractivity contribution in [2.75, 3.05) is 0 Å². The monoisotopic (exact) mass is 368 g/mol. The van der Waals surface area contributed by atoms with E-state index in [0.717, 1.165) is 20.6 Å². The molecule has 23 heavy (non-hydrogen) atoms. The molecule has 0 radical (unpaired) electrons. The minimum absolute atomic E-state index is 0.215. The van der Waals surface area contributed by atoms with Crippen LogP contribution in [0.15, 0.2) is 53.1 Å². The predicted octanol–water partition coefficient (Wildman–Crippen LogP) is 1.99. The highest BCUT2D eigenvalue weighted by atomic mass is 79.9. The van der Waals surface area contributed by atoms with Gasteiger partial charge in [0, 0.05) is 33.1 Å². The zero-order valence-electron chi connectivity index (χ0n) is 12.1. The van der Waals surface area contributed by atoms with E-state index >= 15 is 0 Å². The standard InChI is InChI=1S/C18H13BrN2O2/c19-11-5-6-14(18(22)23)17(9-11)21-8-7-13-12-3-1-2-4-15(12)20-16(13)10-21/h1-9,20H,10H2,(H,22,23). The fourth-order valence-electron chi connectivity index (χ4n) is 3.13. The maximum Gasteiger partial charge on any atom is 0.146 e. The molecule has 3 aromatic rings. The highest BCUT2D eigenvalue weighted by molar-refractivity contribution is 9.10. The maximum atomic E-state index is 11.4. The molecule has 1 aromatic heterocycles. The molecule has 0 bridgehead atoms. The van der Waals surface area contributed by atoms with E-state index in [2.05, 4.69) is 27.0 Å². The molecule has 4 nitrogen and oxygen atoms in total. The molecule has 0 saturated carbocycles. The van der Waals surface area contributed by atoms with E-state index in [0.29, 0.717) is 12.2 Å². The van der Waals surface area contributed by atoms with Gasteiger partial charge >= 0.3 is 0 Å². The Morgan fingerprint density at radius 3 is 2.87 bits per heavy atom. The van der Waals surface area contributed by atoms with Crippen molar-refractivity contribution in [3.8, 4) is 0 Å². The first-order valence-electron chi connectivity index (χ1n) is 7.28. The second-order valence-corrected chi connectivity index (χ2v) is 6.49. The van der Waals surface area contributed by atoms with Crippen molar-refractivity contribution >= 4 is 44.6 Å². The fourth-order valence-corrected chi connectivity index (χ4v) is 3.49. The lowest BCUT2D eigenvalue weighted by atomic mass is 10.1. The first-order chi connectivity index (χ1) is 11.1. The molecule has 114 valence electrons. The van der Waals surface area contributed by atoms with Gasteiger partial charge in [-0.05, 0) is 18.2 Å². The number of carbonyl (C=O) groups is 1. The number of carboxylic acids is 1. The summed E-state index contributed by atoms with van der Waals surface area (Å²) < 4.78 is 0.848. The van der Waals surface area contributed by atoms with E-state index in [1.807, 2.05) is 36.5 Å². The molecular formula is C18H13BrN2O2. The van der Waals surface area contributed by atoms with E-state index < -0.39 is 5.97 Å². The lowest BCUT2D eigenvalue weighted by Crippen LogP contribution is -3.01. The second kappa shape index (κ2) is 5.37. The first-order valence-corrected chi connectivity index (χ1v) is 8.07. The number of aromatic carboxylic acids is 1. The van der Waals surface area contributed by atoms with Gasteiger partial charge in [-0.15, -0.1) is 0 Å². The third-order valence-corrected chi connectivity index (χ3v) is 4.69. The van der Waals surface area contributed by atoms with Gasteiger partial charge in [0.15, 0.2) is 0 Å². The van der Waals surface area contributed by atoms with Crippen LogP contribution in [0.4, 0.5) is 5.69 Å². The van der Waals surface area contributed by atoms with Crippen molar-refractivity contribution in [1.82, 2.24) is 4.98 Å². The number of quaternary nitrogens is 1. The van der Waals surface area contributed by atoms with Crippen molar-refractivity contribution < 1.29 is 14.8 Å². The zero-order chi connectivity index (χ0) is 16.0. The van der Waals surface area contributed by atoms with Crippen LogP contribution in [0, 0.1) is 0 Å². The Morgan fingerprint density at radius 2 is 2.04 bits per heavy atom. The molecule has 1 atom stereocenters. The summed E-state index contributed by atoms with van der Waals surface area (Å²) >= 11 is 3.41. The van der Waals surface area contributed by atoms with Crippen LogP contribution >= 0.6 is 15.9 Å². The van der Waals surface area contributed by atoms with Gasteiger partial charge in [-0.2, -0.15) is 0 Å². The number of carbonyl (C=O) groups excluding carboxylic acids is 1. The van der Waals surface area contributed by atoms with Crippen molar-refractivity contribution in [3.05, 3.63) is 70.0 Å². The highest BCUT2D eigenvalue weighted by Gasteiger charge is 2.23. The quantitative estimate of drug-likeness (QED) is 0.726. The van der Waals surface area contributed by atoms with Crippen molar-refractivity contribution in [2.24, 2.45) is 0 Å². The smallest absolute Gasteiger partial charge is 0.146 e. The molecule has 0 spiro atoms. The third-order valence-electron chi connectivity index (χ3n) is 4.19. The summed E-state index contributed by atoms with van der Waals surface area (Å²) in [6.45, 7) is 0.664. The number of aromatic amines is 1. The number of para-hydroxylation sites is 1. The lowest BCUT2D eigenvalue weighted by molar-refractivity contribution is -0.791. The molecule has 4 rings (SSSR count). The van der Waals surface area contributed by atoms with Gasteiger partial charge in [0.2, 0.25) is 0 Å². The molecule has 2 heterocycles. The number of carboxylic acid groups (broad SMARTS) is 1. The van der Waals surface area contributed by atoms with Crippen LogP contribution in [0.1, 0.15) is 21.6 Å². The Morgan fingerprint density at radius 1 is 1.22 bits per heavy atom. The van der Waals surface area contributed by atoms with E-state index in [1.165, 1.54) is 10.9 Å². The number of H-pyrrole nitrogens is 1. The summed E-state index contributed by atoms with van der Waals surface area (Å²) in [7, 11) is 0. The molecule has 1 aliphatic rings. The maximum absolute atomic E-state index is 11.4. The average molecular weight is 369 g/mol. The number of halogens is 1. The molecular weight excluding hydrogens is 356 g/mol. The van der Waals surface area contributed by atoms with E-state index in [1.54, 1.807) is 12.1 Å². The molecule has 0 saturated heterocycles. The zero-order valence-corrected chi connectivity index (χ0v) is 13.7. The third kappa shape index (κ3) is 2.38. The van der Waals surface area contributed by atoms with Crippen LogP contribution in [-0.4, -0.2) is 11.0 Å². The lowest BCUT2D eigenvalue weighted by Gasteiger charge is -2.21. The minimum Gasteiger partial charge on any atom is -0.545 e. The summed E-state index contributed by atoms with van der Waals surface area (Å²) in [5, 5.41) is 12.6. The number of fused-ring (bicyclic) bond motifs is 3. The number of hydrogen-bond donors (Lipinski definition) is 2. The van der Waals surface area contributed by atoms with E-state index in [9.17, 15) is 9.90 Å². The van der Waals surface area contributed by atoms with Crippen molar-refractivity contribution in [1.29, 1.82) is 0 Å². The van der Waals surface area contributed by atoms with Crippen LogP contribution in [0.2, 0.25) is 0 Å². The number of hydrogen-bond acceptors (Lipinski definition) is 2. The molecule has 2 N–H and O–H groups in total. The molecule has 1 unspecified atom stereocenters. The average Bonchev–Trinajstić information content (AvgIpc) is 2.92. The Hall–Kier alpha value is -2.37. The topological polar surface area (TPSA) is 60.4 Å². The summed E-state index contributed by atoms with van der Waals surface area (Å²) in [5.74, 6) is -1.16. The summed E-state index contributed by atoms with van der Waals surface area (Å²) in [5.41, 5.74) is 4.28. The Labute approximate surface area is 141 Å². The van der Waals surface area contributed by atoms with Gasteiger partial charge < -0.3 is 14.9 Å². The van der Waals surface area contributed by atoms with Gasteiger partial charge in [-0.25, -0.2) is 0 Å². The van der Waals surface area contributed by atoms with E-state index in [4.69, 9.17) is 0 Å². The SMILES string of the molecule is O=C([O-])c1ccc(Br)cc1[NH+]1C=Cc2c([nH]c3ccccc23)C1. The fraction of sp³-hybridized carbons (Fsp3) is 0.0556. The van der Waals surface area contributed by atoms with E-state index in [-0.39, 0.29) is 5.56 Å². The number of rotatable bonds is 2. The molecule has 5 heteroatoms. The number of nitrogens with one attached hydrogen (secondary N) is 2. The van der Waals surface area contributed by atoms with Gasteiger partial charge in [0.05, 0.1) is 17.2 Å². The Balaban J connectivity index is 1.80. The van der Waals surface area contributed by atoms with Crippen LogP contribution in [-0.2, 0) is 6.54 Å². The molecule has 2 aromatic carbocycles. The predicted molar refractivity (Wildman–Crippen MR) is 90.1 cm³/mol. The normalized spacial score (nSPS) is 16.5. The molecule has 0 fully saturated rings. The van der Waals surface area contributed by atoms with Crippen LogP contribution in [0.25, 0.3) is 17.0 Å². The van der Waals surface area contributed by atoms with Crippen LogP contribution in [0.5, 0.6) is 0 Å². The molecule has 0 amide bonds. The minimum atomic E-state index is -1.16. The highest BCUT2D eigenvalue weighted by Crippen LogP contribution is 2.26. The van der Waals surface area contributed by atoms with Crippen LogP contribution < -0.4 is 10.0 Å². The molecule has 1 aliphatic heterocycles. The van der Waals surface area contributed by atoms with Crippen molar-refractivity contribution in [2.45, 2.75) is 6.54 Å². The van der Waals surface area contributed by atoms with Gasteiger partial charge in [0.25, 0.3) is 0 Å². The Kier molecular flexibility index (Phi) is 3.32. The largest absolute Gasteiger partial charge is 0.545 e. The van der Waals surface area contributed by atoms with Gasteiger partial charge in [-0.1, -0.05) is 34.1 Å². The van der Waals surface area contributed by atoms with Crippen molar-refractivity contribution in [3.63, 3.8) is 0 Å². The number of benzene rings is 2. The number of aromatic nitrogens is 1. The van der Waals surface area contributed by atoms with Gasteiger partial charge in [-0.3, -0.25) is 4.90 Å². The van der Waals surface area contributed by atoms with Gasteiger partial charge in [0.1, 0.15) is 18.4 Å². The first kappa shape index (κ1) is 14.2. The second-order valence-electron chi connectivity index (χ2n) is 5.58. The summed E-state index contributed by atoms with van der Waals surface area (Å²) in [6.07, 6.45) is 4.05. The van der Waals surface area contributed by atoms with Crippen LogP contribution in [0.3, 0.4) is 0 Å².